The summed E-state index contributed by atoms with van der Waals surface area (Å²) in [5.41, 5.74) is 12.0. The van der Waals surface area contributed by atoms with Crippen molar-refractivity contribution < 1.29 is 0 Å². The third-order valence-electron chi connectivity index (χ3n) is 4.81. The Balaban J connectivity index is 1.74. The van der Waals surface area contributed by atoms with Crippen LogP contribution in [0.1, 0.15) is 17.1 Å². The van der Waals surface area contributed by atoms with Crippen molar-refractivity contribution in [2.45, 2.75) is 20.4 Å². The van der Waals surface area contributed by atoms with Crippen molar-refractivity contribution in [3.8, 4) is 5.69 Å². The molecule has 4 aromatic heterocycles. The number of nitrogens with two attached hydrogens (primary N) is 1. The standard InChI is InChI=1S/C20H18N8/c1-12-5-3-4-6-15(12)28-16(26-14-8-7-13(2)25-19(14)28)9-27-11-24-17-18(21)22-10-23-20(17)27/h3-8,10-11H,9H2,1-2H3,(H2,21,22,23). The molecule has 0 saturated carbocycles. The summed E-state index contributed by atoms with van der Waals surface area (Å²) in [5.74, 6) is 1.22. The van der Waals surface area contributed by atoms with E-state index in [9.17, 15) is 0 Å². The van der Waals surface area contributed by atoms with Crippen LogP contribution in [0.5, 0.6) is 0 Å². The van der Waals surface area contributed by atoms with E-state index in [0.717, 1.165) is 33.9 Å². The second-order valence-corrected chi connectivity index (χ2v) is 6.75. The number of pyridine rings is 1. The molecule has 138 valence electrons. The second-order valence-electron chi connectivity index (χ2n) is 6.75. The number of aromatic nitrogens is 7. The number of aryl methyl sites for hydroxylation is 2. The zero-order valence-electron chi connectivity index (χ0n) is 15.5. The van der Waals surface area contributed by atoms with E-state index in [1.54, 1.807) is 6.33 Å². The first kappa shape index (κ1) is 16.4. The molecule has 0 bridgehead atoms. The number of nitrogens with zero attached hydrogens (tertiary/aromatic N) is 7. The minimum Gasteiger partial charge on any atom is -0.382 e. The summed E-state index contributed by atoms with van der Waals surface area (Å²) in [7, 11) is 0. The monoisotopic (exact) mass is 370 g/mol. The molecule has 5 aromatic rings. The van der Waals surface area contributed by atoms with Crippen LogP contribution in [0.15, 0.2) is 49.1 Å². The Bertz CT molecular complexity index is 1330. The maximum atomic E-state index is 5.92. The molecule has 8 heteroatoms. The molecule has 0 amide bonds. The van der Waals surface area contributed by atoms with Crippen molar-refractivity contribution in [2.24, 2.45) is 0 Å². The summed E-state index contributed by atoms with van der Waals surface area (Å²) >= 11 is 0. The van der Waals surface area contributed by atoms with Gasteiger partial charge in [0.05, 0.1) is 18.6 Å². The van der Waals surface area contributed by atoms with E-state index in [0.29, 0.717) is 23.5 Å². The minimum atomic E-state index is 0.369. The molecule has 28 heavy (non-hydrogen) atoms. The van der Waals surface area contributed by atoms with Crippen LogP contribution in [-0.4, -0.2) is 34.1 Å². The van der Waals surface area contributed by atoms with Crippen LogP contribution in [0.25, 0.3) is 28.0 Å². The average molecular weight is 370 g/mol. The topological polar surface area (TPSA) is 100 Å². The van der Waals surface area contributed by atoms with Gasteiger partial charge in [0, 0.05) is 5.69 Å². The molecule has 4 heterocycles. The molecule has 0 aliphatic carbocycles. The van der Waals surface area contributed by atoms with Gasteiger partial charge in [0.2, 0.25) is 0 Å². The lowest BCUT2D eigenvalue weighted by molar-refractivity contribution is 0.743. The first-order chi connectivity index (χ1) is 13.6. The van der Waals surface area contributed by atoms with Gasteiger partial charge in [-0.05, 0) is 37.6 Å². The molecule has 0 aliphatic heterocycles. The molecule has 5 rings (SSSR count). The van der Waals surface area contributed by atoms with Gasteiger partial charge in [-0.15, -0.1) is 0 Å². The first-order valence-electron chi connectivity index (χ1n) is 8.94. The number of fused-ring (bicyclic) bond motifs is 2. The Labute approximate surface area is 160 Å². The highest BCUT2D eigenvalue weighted by Gasteiger charge is 2.17. The summed E-state index contributed by atoms with van der Waals surface area (Å²) in [6.45, 7) is 4.55. The Morgan fingerprint density at radius 2 is 1.79 bits per heavy atom. The number of imidazole rings is 2. The van der Waals surface area contributed by atoms with Crippen molar-refractivity contribution in [3.63, 3.8) is 0 Å². The number of rotatable bonds is 3. The fourth-order valence-electron chi connectivity index (χ4n) is 3.44. The van der Waals surface area contributed by atoms with E-state index in [1.165, 1.54) is 6.33 Å². The van der Waals surface area contributed by atoms with E-state index in [-0.39, 0.29) is 0 Å². The van der Waals surface area contributed by atoms with Crippen molar-refractivity contribution in [3.05, 3.63) is 66.1 Å². The Kier molecular flexibility index (Phi) is 3.58. The van der Waals surface area contributed by atoms with Crippen LogP contribution >= 0.6 is 0 Å². The number of anilines is 1. The van der Waals surface area contributed by atoms with Gasteiger partial charge in [0.1, 0.15) is 23.2 Å². The minimum absolute atomic E-state index is 0.369. The van der Waals surface area contributed by atoms with E-state index in [4.69, 9.17) is 15.7 Å². The third-order valence-corrected chi connectivity index (χ3v) is 4.81. The summed E-state index contributed by atoms with van der Waals surface area (Å²) in [4.78, 5) is 22.3. The average Bonchev–Trinajstić information content (AvgIpc) is 3.25. The normalized spacial score (nSPS) is 11.5. The van der Waals surface area contributed by atoms with Crippen LogP contribution in [0, 0.1) is 13.8 Å². The molecule has 0 radical (unpaired) electrons. The van der Waals surface area contributed by atoms with Crippen LogP contribution in [-0.2, 0) is 6.54 Å². The maximum Gasteiger partial charge on any atom is 0.165 e. The molecule has 0 atom stereocenters. The first-order valence-corrected chi connectivity index (χ1v) is 8.94. The highest BCUT2D eigenvalue weighted by molar-refractivity contribution is 5.81. The molecule has 0 unspecified atom stereocenters. The Hall–Kier alpha value is -3.81. The van der Waals surface area contributed by atoms with Crippen LogP contribution < -0.4 is 5.73 Å². The summed E-state index contributed by atoms with van der Waals surface area (Å²) in [5, 5.41) is 0. The number of hydrogen-bond acceptors (Lipinski definition) is 6. The fraction of sp³-hybridized carbons (Fsp3) is 0.150. The molecule has 1 aromatic carbocycles. The lowest BCUT2D eigenvalue weighted by Crippen LogP contribution is -2.09. The van der Waals surface area contributed by atoms with Gasteiger partial charge in [-0.3, -0.25) is 4.57 Å². The zero-order chi connectivity index (χ0) is 19.3. The number of para-hydroxylation sites is 1. The molecule has 0 saturated heterocycles. The Morgan fingerprint density at radius 1 is 0.929 bits per heavy atom. The van der Waals surface area contributed by atoms with Gasteiger partial charge >= 0.3 is 0 Å². The van der Waals surface area contributed by atoms with Crippen LogP contribution in [0.4, 0.5) is 5.82 Å². The van der Waals surface area contributed by atoms with Gasteiger partial charge < -0.3 is 10.3 Å². The van der Waals surface area contributed by atoms with Gasteiger partial charge in [-0.1, -0.05) is 18.2 Å². The molecule has 0 fully saturated rings. The van der Waals surface area contributed by atoms with Crippen LogP contribution in [0.2, 0.25) is 0 Å². The molecule has 0 spiro atoms. The largest absolute Gasteiger partial charge is 0.382 e. The Morgan fingerprint density at radius 3 is 2.64 bits per heavy atom. The van der Waals surface area contributed by atoms with Crippen molar-refractivity contribution in [2.75, 3.05) is 5.73 Å². The van der Waals surface area contributed by atoms with Crippen molar-refractivity contribution in [1.82, 2.24) is 34.1 Å². The zero-order valence-corrected chi connectivity index (χ0v) is 15.5. The molecule has 8 nitrogen and oxygen atoms in total. The quantitative estimate of drug-likeness (QED) is 0.524. The molecule has 0 aliphatic rings. The smallest absolute Gasteiger partial charge is 0.165 e. The van der Waals surface area contributed by atoms with E-state index in [2.05, 4.69) is 38.6 Å². The van der Waals surface area contributed by atoms with Gasteiger partial charge in [0.15, 0.2) is 17.1 Å². The number of nitrogen functional groups attached to an aromatic ring is 1. The lowest BCUT2D eigenvalue weighted by atomic mass is 10.2. The van der Waals surface area contributed by atoms with E-state index in [1.807, 2.05) is 35.8 Å². The molecule has 2 N–H and O–H groups in total. The fourth-order valence-corrected chi connectivity index (χ4v) is 3.44. The van der Waals surface area contributed by atoms with Gasteiger partial charge in [0.25, 0.3) is 0 Å². The highest BCUT2D eigenvalue weighted by atomic mass is 15.2. The van der Waals surface area contributed by atoms with Gasteiger partial charge in [-0.25, -0.2) is 24.9 Å². The number of benzene rings is 1. The van der Waals surface area contributed by atoms with E-state index < -0.39 is 0 Å². The second kappa shape index (κ2) is 6.12. The SMILES string of the molecule is Cc1ccc2nc(Cn3cnc4c(N)ncnc43)n(-c3ccccc3C)c2n1. The van der Waals surface area contributed by atoms with Crippen molar-refractivity contribution in [1.29, 1.82) is 0 Å². The van der Waals surface area contributed by atoms with Crippen LogP contribution in [0.3, 0.4) is 0 Å². The van der Waals surface area contributed by atoms with Crippen molar-refractivity contribution >= 4 is 28.1 Å². The molecular weight excluding hydrogens is 352 g/mol. The summed E-state index contributed by atoms with van der Waals surface area (Å²) in [6.07, 6.45) is 3.17. The summed E-state index contributed by atoms with van der Waals surface area (Å²) in [6, 6.07) is 12.2. The van der Waals surface area contributed by atoms with E-state index >= 15 is 0 Å². The predicted octanol–water partition coefficient (Wildman–Crippen LogP) is 2.81. The summed E-state index contributed by atoms with van der Waals surface area (Å²) < 4.78 is 4.03. The highest BCUT2D eigenvalue weighted by Crippen LogP contribution is 2.24. The van der Waals surface area contributed by atoms with Gasteiger partial charge in [-0.2, -0.15) is 0 Å². The molecular formula is C20H18N8. The lowest BCUT2D eigenvalue weighted by Gasteiger charge is -2.12. The predicted molar refractivity (Wildman–Crippen MR) is 107 cm³/mol. The third kappa shape index (κ3) is 2.50. The maximum absolute atomic E-state index is 5.92. The number of hydrogen-bond donors (Lipinski definition) is 1.